The Balaban J connectivity index is 2.13. The second-order valence-corrected chi connectivity index (χ2v) is 4.43. The van der Waals surface area contributed by atoms with E-state index in [4.69, 9.17) is 11.6 Å². The number of halogens is 1. The Kier molecular flexibility index (Phi) is 5.24. The molecular weight excluding hydrogens is 196 g/mol. The average molecular weight is 215 g/mol. The van der Waals surface area contributed by atoms with Crippen LogP contribution in [-0.2, 0) is 4.79 Å². The van der Waals surface area contributed by atoms with Crippen LogP contribution in [0.25, 0.3) is 0 Å². The first-order valence-electron chi connectivity index (χ1n) is 5.63. The van der Waals surface area contributed by atoms with Gasteiger partial charge in [-0.25, -0.2) is 0 Å². The van der Waals surface area contributed by atoms with Gasteiger partial charge in [0, 0.05) is 5.57 Å². The van der Waals surface area contributed by atoms with Crippen molar-refractivity contribution in [2.75, 3.05) is 0 Å². The van der Waals surface area contributed by atoms with Crippen LogP contribution in [0.5, 0.6) is 0 Å². The number of hydrogen-bond acceptors (Lipinski definition) is 1. The molecule has 2 heteroatoms. The van der Waals surface area contributed by atoms with Crippen LogP contribution >= 0.6 is 11.6 Å². The lowest BCUT2D eigenvalue weighted by Gasteiger charge is -2.24. The maximum absolute atomic E-state index is 10.9. The lowest BCUT2D eigenvalue weighted by atomic mass is 9.82. The van der Waals surface area contributed by atoms with Crippen molar-refractivity contribution in [1.82, 2.24) is 0 Å². The van der Waals surface area contributed by atoms with Gasteiger partial charge in [0.25, 0.3) is 0 Å². The van der Waals surface area contributed by atoms with Crippen LogP contribution in [-0.4, -0.2) is 5.24 Å². The first-order valence-corrected chi connectivity index (χ1v) is 6.00. The van der Waals surface area contributed by atoms with E-state index in [0.29, 0.717) is 0 Å². The van der Waals surface area contributed by atoms with Gasteiger partial charge in [-0.1, -0.05) is 38.7 Å². The fourth-order valence-electron chi connectivity index (χ4n) is 1.83. The predicted octanol–water partition coefficient (Wildman–Crippen LogP) is 4.06. The molecule has 0 unspecified atom stereocenters. The summed E-state index contributed by atoms with van der Waals surface area (Å²) in [5.74, 6) is 0.972. The highest BCUT2D eigenvalue weighted by Crippen LogP contribution is 2.30. The number of hydrogen-bond donors (Lipinski definition) is 0. The Morgan fingerprint density at radius 1 is 1.50 bits per heavy atom. The number of carbonyl (C=O) groups is 1. The molecule has 1 rings (SSSR count). The third-order valence-corrected chi connectivity index (χ3v) is 3.31. The molecule has 1 saturated carbocycles. The van der Waals surface area contributed by atoms with Crippen molar-refractivity contribution in [2.24, 2.45) is 5.92 Å². The van der Waals surface area contributed by atoms with E-state index < -0.39 is 0 Å². The molecule has 0 aromatic carbocycles. The molecule has 0 atom stereocenters. The van der Waals surface area contributed by atoms with Gasteiger partial charge >= 0.3 is 0 Å². The molecular formula is C12H19ClO. The van der Waals surface area contributed by atoms with E-state index in [0.717, 1.165) is 24.3 Å². The summed E-state index contributed by atoms with van der Waals surface area (Å²) < 4.78 is 0. The maximum Gasteiger partial charge on any atom is 0.248 e. The zero-order chi connectivity index (χ0) is 10.4. The second-order valence-electron chi connectivity index (χ2n) is 4.08. The van der Waals surface area contributed by atoms with Crippen molar-refractivity contribution < 1.29 is 4.79 Å². The van der Waals surface area contributed by atoms with Crippen LogP contribution in [0.4, 0.5) is 0 Å². The molecule has 0 aromatic heterocycles. The van der Waals surface area contributed by atoms with Crippen molar-refractivity contribution >= 4 is 16.8 Å². The number of carbonyl (C=O) groups excluding carboxylic acids is 1. The van der Waals surface area contributed by atoms with Crippen molar-refractivity contribution in [1.29, 1.82) is 0 Å². The predicted molar refractivity (Wildman–Crippen MR) is 60.4 cm³/mol. The third kappa shape index (κ3) is 3.83. The quantitative estimate of drug-likeness (QED) is 0.370. The Morgan fingerprint density at radius 3 is 2.64 bits per heavy atom. The smallest absolute Gasteiger partial charge is 0.248 e. The molecule has 1 aliphatic rings. The minimum atomic E-state index is -0.281. The number of rotatable bonds is 6. The fraction of sp³-hybridized carbons (Fsp3) is 0.750. The Labute approximate surface area is 91.5 Å². The number of allylic oxidation sites excluding steroid dienone is 2. The molecule has 0 amide bonds. The Bertz CT molecular complexity index is 216. The molecule has 14 heavy (non-hydrogen) atoms. The molecule has 0 saturated heterocycles. The molecule has 1 fully saturated rings. The lowest BCUT2D eigenvalue weighted by Crippen LogP contribution is -2.10. The topological polar surface area (TPSA) is 17.1 Å². The van der Waals surface area contributed by atoms with Crippen LogP contribution in [0, 0.1) is 5.92 Å². The van der Waals surface area contributed by atoms with E-state index in [9.17, 15) is 4.79 Å². The summed E-state index contributed by atoms with van der Waals surface area (Å²) in [7, 11) is 0. The molecule has 0 heterocycles. The van der Waals surface area contributed by atoms with Gasteiger partial charge in [0.1, 0.15) is 0 Å². The van der Waals surface area contributed by atoms with Crippen LogP contribution in [0.2, 0.25) is 0 Å². The summed E-state index contributed by atoms with van der Waals surface area (Å²) in [5, 5.41) is -0.281. The van der Waals surface area contributed by atoms with Crippen molar-refractivity contribution in [3.05, 3.63) is 11.6 Å². The molecule has 80 valence electrons. The minimum Gasteiger partial charge on any atom is -0.276 e. The molecule has 0 spiro atoms. The summed E-state index contributed by atoms with van der Waals surface area (Å²) in [4.78, 5) is 10.9. The van der Waals surface area contributed by atoms with Gasteiger partial charge < -0.3 is 0 Å². The molecule has 0 aliphatic heterocycles. The normalized spacial score (nSPS) is 18.0. The SMILES string of the molecule is CC/C(=C\CCCC1CCC1)C(=O)Cl. The highest BCUT2D eigenvalue weighted by Gasteiger charge is 2.15. The number of unbranched alkanes of at least 4 members (excludes halogenated alkanes) is 1. The van der Waals surface area contributed by atoms with Gasteiger partial charge in [-0.05, 0) is 36.8 Å². The summed E-state index contributed by atoms with van der Waals surface area (Å²) in [5.41, 5.74) is 0.778. The van der Waals surface area contributed by atoms with Crippen LogP contribution < -0.4 is 0 Å². The summed E-state index contributed by atoms with van der Waals surface area (Å²) in [6, 6.07) is 0. The first kappa shape index (κ1) is 11.8. The van der Waals surface area contributed by atoms with Gasteiger partial charge in [0.05, 0.1) is 0 Å². The minimum absolute atomic E-state index is 0.281. The van der Waals surface area contributed by atoms with Gasteiger partial charge in [-0.15, -0.1) is 0 Å². The molecule has 0 radical (unpaired) electrons. The zero-order valence-electron chi connectivity index (χ0n) is 8.89. The van der Waals surface area contributed by atoms with Crippen LogP contribution in [0.3, 0.4) is 0 Å². The molecule has 0 N–H and O–H groups in total. The van der Waals surface area contributed by atoms with E-state index in [1.165, 1.54) is 32.1 Å². The Morgan fingerprint density at radius 2 is 2.21 bits per heavy atom. The van der Waals surface area contributed by atoms with Crippen molar-refractivity contribution in [2.45, 2.75) is 51.9 Å². The van der Waals surface area contributed by atoms with Gasteiger partial charge in [-0.2, -0.15) is 0 Å². The zero-order valence-corrected chi connectivity index (χ0v) is 9.65. The highest BCUT2D eigenvalue weighted by atomic mass is 35.5. The molecule has 0 aromatic rings. The third-order valence-electron chi connectivity index (χ3n) is 3.07. The summed E-state index contributed by atoms with van der Waals surface area (Å²) >= 11 is 5.42. The van der Waals surface area contributed by atoms with Crippen molar-refractivity contribution in [3.63, 3.8) is 0 Å². The Hall–Kier alpha value is -0.300. The largest absolute Gasteiger partial charge is 0.276 e. The van der Waals surface area contributed by atoms with Gasteiger partial charge in [-0.3, -0.25) is 4.79 Å². The summed E-state index contributed by atoms with van der Waals surface area (Å²) in [6.45, 7) is 1.97. The van der Waals surface area contributed by atoms with Crippen LogP contribution in [0.15, 0.2) is 11.6 Å². The standard InChI is InChI=1S/C12H19ClO/c1-2-11(12(13)14)9-4-3-6-10-7-5-8-10/h9-10H,2-8H2,1H3/b11-9+. The van der Waals surface area contributed by atoms with E-state index in [1.807, 2.05) is 13.0 Å². The maximum atomic E-state index is 10.9. The lowest BCUT2D eigenvalue weighted by molar-refractivity contribution is -0.108. The van der Waals surface area contributed by atoms with Crippen LogP contribution in [0.1, 0.15) is 51.9 Å². The molecule has 0 bridgehead atoms. The van der Waals surface area contributed by atoms with Gasteiger partial charge in [0.2, 0.25) is 5.24 Å². The fourth-order valence-corrected chi connectivity index (χ4v) is 2.04. The second kappa shape index (κ2) is 6.23. The highest BCUT2D eigenvalue weighted by molar-refractivity contribution is 6.67. The van der Waals surface area contributed by atoms with Crippen molar-refractivity contribution in [3.8, 4) is 0 Å². The van der Waals surface area contributed by atoms with E-state index in [-0.39, 0.29) is 5.24 Å². The van der Waals surface area contributed by atoms with E-state index in [2.05, 4.69) is 0 Å². The molecule has 1 aliphatic carbocycles. The average Bonchev–Trinajstić information content (AvgIpc) is 2.07. The van der Waals surface area contributed by atoms with E-state index >= 15 is 0 Å². The van der Waals surface area contributed by atoms with E-state index in [1.54, 1.807) is 0 Å². The van der Waals surface area contributed by atoms with Gasteiger partial charge in [0.15, 0.2) is 0 Å². The summed E-state index contributed by atoms with van der Waals surface area (Å²) in [6.07, 6.45) is 10.6. The first-order chi connectivity index (χ1) is 6.74. The molecule has 1 nitrogen and oxygen atoms in total. The monoisotopic (exact) mass is 214 g/mol.